The molecule has 202 valence electrons. The van der Waals surface area contributed by atoms with Crippen LogP contribution in [0.25, 0.3) is 10.8 Å². The van der Waals surface area contributed by atoms with Gasteiger partial charge in [-0.2, -0.15) is 13.2 Å². The molecular formula is C28H23ClF3N3O4. The molecule has 5 rings (SSSR count). The van der Waals surface area contributed by atoms with Gasteiger partial charge in [-0.3, -0.25) is 9.59 Å². The number of hydrogen-bond donors (Lipinski definition) is 2. The molecule has 0 bridgehead atoms. The Morgan fingerprint density at radius 3 is 2.49 bits per heavy atom. The fourth-order valence-corrected chi connectivity index (χ4v) is 4.95. The number of hydrogen-bond acceptors (Lipinski definition) is 5. The van der Waals surface area contributed by atoms with Crippen molar-refractivity contribution in [1.82, 2.24) is 15.1 Å². The minimum atomic E-state index is -4.64. The number of nitrogens with zero attached hydrogens (tertiary/aromatic N) is 2. The van der Waals surface area contributed by atoms with Crippen LogP contribution in [0.1, 0.15) is 39.9 Å². The van der Waals surface area contributed by atoms with Crippen LogP contribution in [0, 0.1) is 0 Å². The molecule has 1 aliphatic heterocycles. The first-order valence-electron chi connectivity index (χ1n) is 12.1. The van der Waals surface area contributed by atoms with E-state index < -0.39 is 22.4 Å². The summed E-state index contributed by atoms with van der Waals surface area (Å²) in [5.41, 5.74) is -1.61. The number of aromatic amines is 1. The van der Waals surface area contributed by atoms with Gasteiger partial charge in [0.25, 0.3) is 11.5 Å². The zero-order valence-corrected chi connectivity index (χ0v) is 21.2. The second-order valence-corrected chi connectivity index (χ2v) is 9.82. The third-order valence-electron chi connectivity index (χ3n) is 6.90. The predicted molar refractivity (Wildman–Crippen MR) is 139 cm³/mol. The van der Waals surface area contributed by atoms with Crippen molar-refractivity contribution < 1.29 is 27.8 Å². The number of likely N-dealkylation sites (tertiary alicyclic amines) is 1. The summed E-state index contributed by atoms with van der Waals surface area (Å²) in [7, 11) is 0. The van der Waals surface area contributed by atoms with Crippen molar-refractivity contribution in [2.75, 3.05) is 13.1 Å². The maximum atomic E-state index is 13.3. The van der Waals surface area contributed by atoms with Gasteiger partial charge < -0.3 is 14.7 Å². The Kier molecular flexibility index (Phi) is 7.09. The molecule has 7 nitrogen and oxygen atoms in total. The van der Waals surface area contributed by atoms with Crippen LogP contribution in [0.5, 0.6) is 5.88 Å². The van der Waals surface area contributed by atoms with Gasteiger partial charge in [-0.25, -0.2) is 5.10 Å². The Morgan fingerprint density at radius 1 is 1.05 bits per heavy atom. The third kappa shape index (κ3) is 5.48. The van der Waals surface area contributed by atoms with Crippen molar-refractivity contribution in [1.29, 1.82) is 0 Å². The second-order valence-electron chi connectivity index (χ2n) is 9.41. The van der Waals surface area contributed by atoms with Crippen molar-refractivity contribution in [3.8, 4) is 5.88 Å². The van der Waals surface area contributed by atoms with E-state index in [4.69, 9.17) is 16.3 Å². The smallest absolute Gasteiger partial charge is 0.417 e. The van der Waals surface area contributed by atoms with Crippen molar-refractivity contribution in [2.24, 2.45) is 0 Å². The topological polar surface area (TPSA) is 95.5 Å². The molecule has 0 spiro atoms. The molecule has 1 aromatic heterocycles. The Bertz CT molecular complexity index is 1600. The fraction of sp³-hybridized carbons (Fsp3) is 0.250. The van der Waals surface area contributed by atoms with E-state index in [0.29, 0.717) is 21.9 Å². The number of aliphatic hydroxyl groups is 1. The van der Waals surface area contributed by atoms with Gasteiger partial charge in [0.15, 0.2) is 0 Å². The molecule has 0 radical (unpaired) electrons. The Hall–Kier alpha value is -3.89. The minimum Gasteiger partial charge on any atom is -0.471 e. The predicted octanol–water partition coefficient (Wildman–Crippen LogP) is 5.30. The maximum absolute atomic E-state index is 13.3. The van der Waals surface area contributed by atoms with Crippen molar-refractivity contribution >= 4 is 28.3 Å². The number of rotatable bonds is 5. The van der Waals surface area contributed by atoms with Gasteiger partial charge in [-0.15, -0.1) is 5.10 Å². The fourth-order valence-electron chi connectivity index (χ4n) is 4.73. The average Bonchev–Trinajstić information content (AvgIpc) is 2.92. The summed E-state index contributed by atoms with van der Waals surface area (Å²) < 4.78 is 45.7. The van der Waals surface area contributed by atoms with E-state index in [-0.39, 0.29) is 55.4 Å². The lowest BCUT2D eigenvalue weighted by Crippen LogP contribution is -2.45. The first kappa shape index (κ1) is 26.7. The average molecular weight is 558 g/mol. The number of piperidine rings is 1. The number of carbonyl (C=O) groups excluding carboxylic acids is 1. The minimum absolute atomic E-state index is 0.0748. The molecule has 1 fully saturated rings. The highest BCUT2D eigenvalue weighted by Crippen LogP contribution is 2.40. The summed E-state index contributed by atoms with van der Waals surface area (Å²) in [6.45, 7) is 0.419. The molecule has 0 unspecified atom stereocenters. The van der Waals surface area contributed by atoms with E-state index in [1.54, 1.807) is 53.4 Å². The molecule has 0 saturated carbocycles. The maximum Gasteiger partial charge on any atom is 0.417 e. The quantitative estimate of drug-likeness (QED) is 0.347. The van der Waals surface area contributed by atoms with Crippen molar-refractivity contribution in [3.05, 3.63) is 104 Å². The number of halogens is 4. The summed E-state index contributed by atoms with van der Waals surface area (Å²) in [6, 6.07) is 17.2. The number of nitrogens with one attached hydrogen (secondary N) is 1. The number of amides is 1. The molecule has 2 heterocycles. The molecule has 11 heteroatoms. The number of ether oxygens (including phenoxy) is 1. The lowest BCUT2D eigenvalue weighted by molar-refractivity contribution is -0.137. The van der Waals surface area contributed by atoms with Gasteiger partial charge in [-0.1, -0.05) is 41.9 Å². The molecule has 3 aromatic carbocycles. The van der Waals surface area contributed by atoms with E-state index in [2.05, 4.69) is 10.2 Å². The Morgan fingerprint density at radius 2 is 1.77 bits per heavy atom. The standard InChI is InChI=1S/C28H23ClF3N3O4/c29-23-9-8-19(15-22(23)28(30,31)32)27(38)10-12-35(13-11-27)26(37)18-5-3-4-17(14-18)16-39-25-21-7-2-1-6-20(21)24(36)33-34-25/h1-9,14-15,38H,10-13,16H2,(H,33,36). The van der Waals surface area contributed by atoms with Crippen LogP contribution in [0.4, 0.5) is 13.2 Å². The Balaban J connectivity index is 1.26. The van der Waals surface area contributed by atoms with E-state index >= 15 is 0 Å². The van der Waals surface area contributed by atoms with Crippen LogP contribution in [0.15, 0.2) is 71.5 Å². The highest BCUT2D eigenvalue weighted by atomic mass is 35.5. The van der Waals surface area contributed by atoms with Crippen molar-refractivity contribution in [3.63, 3.8) is 0 Å². The monoisotopic (exact) mass is 557 g/mol. The molecule has 1 aliphatic rings. The molecule has 0 aliphatic carbocycles. The van der Waals surface area contributed by atoms with Crippen LogP contribution in [0.3, 0.4) is 0 Å². The zero-order valence-electron chi connectivity index (χ0n) is 20.5. The normalized spacial score (nSPS) is 15.4. The van der Waals surface area contributed by atoms with Crippen LogP contribution < -0.4 is 10.3 Å². The molecular weight excluding hydrogens is 535 g/mol. The van der Waals surface area contributed by atoms with Gasteiger partial charge in [0.1, 0.15) is 6.61 Å². The van der Waals surface area contributed by atoms with Gasteiger partial charge in [0.2, 0.25) is 5.88 Å². The third-order valence-corrected chi connectivity index (χ3v) is 7.23. The second kappa shape index (κ2) is 10.3. The summed E-state index contributed by atoms with van der Waals surface area (Å²) in [4.78, 5) is 26.7. The number of benzene rings is 3. The van der Waals surface area contributed by atoms with Gasteiger partial charge in [-0.05, 0) is 60.4 Å². The van der Waals surface area contributed by atoms with E-state index in [1.807, 2.05) is 0 Å². The number of alkyl halides is 3. The van der Waals surface area contributed by atoms with Crippen LogP contribution in [-0.2, 0) is 18.4 Å². The first-order chi connectivity index (χ1) is 18.5. The van der Waals surface area contributed by atoms with E-state index in [1.165, 1.54) is 6.07 Å². The largest absolute Gasteiger partial charge is 0.471 e. The van der Waals surface area contributed by atoms with Gasteiger partial charge in [0.05, 0.1) is 27.0 Å². The number of H-pyrrole nitrogens is 1. The van der Waals surface area contributed by atoms with E-state index in [9.17, 15) is 27.9 Å². The summed E-state index contributed by atoms with van der Waals surface area (Å²) in [5.74, 6) is -0.00766. The summed E-state index contributed by atoms with van der Waals surface area (Å²) in [5, 5.41) is 18.1. The SMILES string of the molecule is O=C(c1cccc(COc2n[nH]c(=O)c3ccccc23)c1)N1CCC(O)(c2ccc(Cl)c(C(F)(F)F)c2)CC1. The van der Waals surface area contributed by atoms with E-state index in [0.717, 1.165) is 12.1 Å². The van der Waals surface area contributed by atoms with Crippen LogP contribution in [-0.4, -0.2) is 39.2 Å². The first-order valence-corrected chi connectivity index (χ1v) is 12.5. The van der Waals surface area contributed by atoms with Gasteiger partial charge in [0, 0.05) is 18.7 Å². The van der Waals surface area contributed by atoms with Gasteiger partial charge >= 0.3 is 6.18 Å². The summed E-state index contributed by atoms with van der Waals surface area (Å²) in [6.07, 6.45) is -4.49. The highest BCUT2D eigenvalue weighted by Gasteiger charge is 2.39. The molecule has 0 atom stereocenters. The van der Waals surface area contributed by atoms with Crippen LogP contribution >= 0.6 is 11.6 Å². The number of carbonyl (C=O) groups is 1. The molecule has 4 aromatic rings. The highest BCUT2D eigenvalue weighted by molar-refractivity contribution is 6.31. The lowest BCUT2D eigenvalue weighted by atomic mass is 9.83. The molecule has 2 N–H and O–H groups in total. The zero-order chi connectivity index (χ0) is 27.8. The molecule has 1 amide bonds. The van der Waals surface area contributed by atoms with Crippen molar-refractivity contribution in [2.45, 2.75) is 31.2 Å². The molecule has 1 saturated heterocycles. The van der Waals surface area contributed by atoms with Crippen LogP contribution in [0.2, 0.25) is 5.02 Å². The Labute approximate surface area is 225 Å². The number of fused-ring (bicyclic) bond motifs is 1. The lowest BCUT2D eigenvalue weighted by Gasteiger charge is -2.39. The summed E-state index contributed by atoms with van der Waals surface area (Å²) >= 11 is 5.72. The molecule has 39 heavy (non-hydrogen) atoms. The number of aromatic nitrogens is 2.